The molecule has 0 bridgehead atoms. The molecule has 0 spiro atoms. The molecule has 2 aromatic carbocycles. The lowest BCUT2D eigenvalue weighted by atomic mass is 9.91. The van der Waals surface area contributed by atoms with E-state index < -0.39 is 0 Å². The first-order chi connectivity index (χ1) is 10.3. The van der Waals surface area contributed by atoms with Crippen LogP contribution in [0.5, 0.6) is 0 Å². The van der Waals surface area contributed by atoms with Crippen molar-refractivity contribution >= 4 is 10.8 Å². The minimum absolute atomic E-state index is 0.372. The van der Waals surface area contributed by atoms with E-state index in [4.69, 9.17) is 4.74 Å². The molecular weight excluding hydrogens is 258 g/mol. The molecule has 21 heavy (non-hydrogen) atoms. The summed E-state index contributed by atoms with van der Waals surface area (Å²) in [4.78, 5) is 0. The highest BCUT2D eigenvalue weighted by Gasteiger charge is 2.23. The van der Waals surface area contributed by atoms with E-state index in [1.165, 1.54) is 35.6 Å². The summed E-state index contributed by atoms with van der Waals surface area (Å²) in [6, 6.07) is 16.2. The summed E-state index contributed by atoms with van der Waals surface area (Å²) in [5.41, 5.74) is 1.40. The van der Waals surface area contributed by atoms with Crippen LogP contribution in [0.25, 0.3) is 10.8 Å². The van der Waals surface area contributed by atoms with Gasteiger partial charge in [-0.1, -0.05) is 42.5 Å². The minimum Gasteiger partial charge on any atom is -0.381 e. The van der Waals surface area contributed by atoms with Gasteiger partial charge in [0.2, 0.25) is 0 Å². The topological polar surface area (TPSA) is 21.3 Å². The molecule has 1 fully saturated rings. The van der Waals surface area contributed by atoms with Crippen molar-refractivity contribution in [2.45, 2.75) is 50.8 Å². The average Bonchev–Trinajstić information content (AvgIpc) is 2.54. The number of ether oxygens (including phenoxy) is 1. The van der Waals surface area contributed by atoms with Gasteiger partial charge in [0.1, 0.15) is 0 Å². The predicted octanol–water partition coefficient (Wildman–Crippen LogP) is 4.45. The first kappa shape index (κ1) is 14.6. The second-order valence-corrected chi connectivity index (χ2v) is 6.18. The number of fused-ring (bicyclic) bond motifs is 1. The van der Waals surface area contributed by atoms with Crippen LogP contribution < -0.4 is 5.32 Å². The third-order valence-corrected chi connectivity index (χ3v) is 4.73. The maximum Gasteiger partial charge on any atom is 0.0586 e. The Bertz CT molecular complexity index is 590. The molecule has 2 aromatic rings. The molecule has 0 amide bonds. The lowest BCUT2D eigenvalue weighted by Crippen LogP contribution is -2.38. The molecule has 3 unspecified atom stereocenters. The number of nitrogens with one attached hydrogen (secondary N) is 1. The van der Waals surface area contributed by atoms with Crippen molar-refractivity contribution in [3.8, 4) is 0 Å². The van der Waals surface area contributed by atoms with E-state index in [-0.39, 0.29) is 0 Å². The molecule has 2 nitrogen and oxygen atoms in total. The standard InChI is InChI=1S/C19H25NO/c1-14(20-16-9-6-10-17(13-16)21-2)18-12-5-8-15-7-3-4-11-19(15)18/h3-5,7-8,11-12,14,16-17,20H,6,9-10,13H2,1-2H3. The van der Waals surface area contributed by atoms with Crippen LogP contribution in [-0.2, 0) is 4.74 Å². The third-order valence-electron chi connectivity index (χ3n) is 4.73. The maximum absolute atomic E-state index is 5.54. The van der Waals surface area contributed by atoms with E-state index in [9.17, 15) is 0 Å². The number of hydrogen-bond acceptors (Lipinski definition) is 2. The SMILES string of the molecule is COC1CCCC(NC(C)c2cccc3ccccc23)C1. The molecule has 0 aromatic heterocycles. The summed E-state index contributed by atoms with van der Waals surface area (Å²) < 4.78 is 5.54. The van der Waals surface area contributed by atoms with Gasteiger partial charge >= 0.3 is 0 Å². The van der Waals surface area contributed by atoms with Crippen molar-refractivity contribution in [1.29, 1.82) is 0 Å². The Hall–Kier alpha value is -1.38. The van der Waals surface area contributed by atoms with Gasteiger partial charge in [0.25, 0.3) is 0 Å². The summed E-state index contributed by atoms with van der Waals surface area (Å²) >= 11 is 0. The van der Waals surface area contributed by atoms with Crippen molar-refractivity contribution in [2.75, 3.05) is 7.11 Å². The summed E-state index contributed by atoms with van der Waals surface area (Å²) in [6.07, 6.45) is 5.28. The number of rotatable bonds is 4. The van der Waals surface area contributed by atoms with Gasteiger partial charge in [-0.25, -0.2) is 0 Å². The van der Waals surface area contributed by atoms with Crippen molar-refractivity contribution < 1.29 is 4.74 Å². The first-order valence-electron chi connectivity index (χ1n) is 8.04. The molecule has 0 saturated heterocycles. The third kappa shape index (κ3) is 3.28. The quantitative estimate of drug-likeness (QED) is 0.895. The van der Waals surface area contributed by atoms with Crippen LogP contribution >= 0.6 is 0 Å². The minimum atomic E-state index is 0.372. The molecule has 1 aliphatic rings. The highest BCUT2D eigenvalue weighted by Crippen LogP contribution is 2.27. The van der Waals surface area contributed by atoms with Gasteiger partial charge in [-0.3, -0.25) is 0 Å². The lowest BCUT2D eigenvalue weighted by molar-refractivity contribution is 0.0573. The maximum atomic E-state index is 5.54. The van der Waals surface area contributed by atoms with Gasteiger partial charge in [-0.2, -0.15) is 0 Å². The fraction of sp³-hybridized carbons (Fsp3) is 0.474. The molecule has 1 N–H and O–H groups in total. The monoisotopic (exact) mass is 283 g/mol. The molecule has 0 radical (unpaired) electrons. The van der Waals surface area contributed by atoms with Gasteiger partial charge < -0.3 is 10.1 Å². The zero-order valence-corrected chi connectivity index (χ0v) is 13.0. The molecule has 1 saturated carbocycles. The molecule has 3 rings (SSSR count). The Kier molecular flexibility index (Phi) is 4.57. The van der Waals surface area contributed by atoms with E-state index in [2.05, 4.69) is 54.7 Å². The normalized spacial score (nSPS) is 24.1. The Morgan fingerprint density at radius 1 is 1.10 bits per heavy atom. The highest BCUT2D eigenvalue weighted by atomic mass is 16.5. The number of hydrogen-bond donors (Lipinski definition) is 1. The van der Waals surface area contributed by atoms with E-state index in [0.29, 0.717) is 18.2 Å². The summed E-state index contributed by atoms with van der Waals surface area (Å²) in [6.45, 7) is 2.28. The second-order valence-electron chi connectivity index (χ2n) is 6.18. The Labute approximate surface area is 127 Å². The van der Waals surface area contributed by atoms with Crippen LogP contribution in [0.1, 0.15) is 44.2 Å². The van der Waals surface area contributed by atoms with Gasteiger partial charge in [0, 0.05) is 19.2 Å². The zero-order chi connectivity index (χ0) is 14.7. The van der Waals surface area contributed by atoms with Crippen molar-refractivity contribution in [3.63, 3.8) is 0 Å². The van der Waals surface area contributed by atoms with Gasteiger partial charge in [-0.15, -0.1) is 0 Å². The van der Waals surface area contributed by atoms with E-state index in [1.54, 1.807) is 0 Å². The second kappa shape index (κ2) is 6.59. The van der Waals surface area contributed by atoms with Gasteiger partial charge in [0.05, 0.1) is 6.10 Å². The van der Waals surface area contributed by atoms with Crippen molar-refractivity contribution in [2.24, 2.45) is 0 Å². The van der Waals surface area contributed by atoms with Crippen molar-refractivity contribution in [3.05, 3.63) is 48.0 Å². The lowest BCUT2D eigenvalue weighted by Gasteiger charge is -2.31. The molecule has 112 valence electrons. The fourth-order valence-electron chi connectivity index (χ4n) is 3.58. The van der Waals surface area contributed by atoms with Crippen LogP contribution in [0.4, 0.5) is 0 Å². The van der Waals surface area contributed by atoms with E-state index in [1.807, 2.05) is 7.11 Å². The molecule has 1 aliphatic carbocycles. The van der Waals surface area contributed by atoms with E-state index >= 15 is 0 Å². The molecule has 0 heterocycles. The van der Waals surface area contributed by atoms with Crippen LogP contribution in [0.2, 0.25) is 0 Å². The predicted molar refractivity (Wildman–Crippen MR) is 88.6 cm³/mol. The summed E-state index contributed by atoms with van der Waals surface area (Å²) in [5.74, 6) is 0. The number of benzene rings is 2. The van der Waals surface area contributed by atoms with Crippen LogP contribution in [-0.4, -0.2) is 19.3 Å². The van der Waals surface area contributed by atoms with E-state index in [0.717, 1.165) is 6.42 Å². The fourth-order valence-corrected chi connectivity index (χ4v) is 3.58. The molecular formula is C19H25NO. The Morgan fingerprint density at radius 2 is 1.90 bits per heavy atom. The van der Waals surface area contributed by atoms with Crippen LogP contribution in [0.3, 0.4) is 0 Å². The highest BCUT2D eigenvalue weighted by molar-refractivity contribution is 5.86. The Morgan fingerprint density at radius 3 is 2.76 bits per heavy atom. The number of methoxy groups -OCH3 is 1. The average molecular weight is 283 g/mol. The van der Waals surface area contributed by atoms with Crippen LogP contribution in [0, 0.1) is 0 Å². The van der Waals surface area contributed by atoms with Gasteiger partial charge in [-0.05, 0) is 48.9 Å². The van der Waals surface area contributed by atoms with Gasteiger partial charge in [0.15, 0.2) is 0 Å². The largest absolute Gasteiger partial charge is 0.381 e. The molecule has 0 aliphatic heterocycles. The Balaban J connectivity index is 1.76. The summed E-state index contributed by atoms with van der Waals surface area (Å²) in [5, 5.41) is 6.49. The smallest absolute Gasteiger partial charge is 0.0586 e. The molecule has 3 atom stereocenters. The van der Waals surface area contributed by atoms with Crippen LogP contribution in [0.15, 0.2) is 42.5 Å². The summed E-state index contributed by atoms with van der Waals surface area (Å²) in [7, 11) is 1.83. The van der Waals surface area contributed by atoms with Crippen molar-refractivity contribution in [1.82, 2.24) is 5.32 Å². The molecule has 2 heteroatoms. The zero-order valence-electron chi connectivity index (χ0n) is 13.0. The first-order valence-corrected chi connectivity index (χ1v) is 8.04.